The molecule has 0 heterocycles. The van der Waals surface area contributed by atoms with Gasteiger partial charge in [0, 0.05) is 19.3 Å². The third kappa shape index (κ3) is 48.0. The molecule has 0 aliphatic rings. The molecule has 1 unspecified atom stereocenters. The van der Waals surface area contributed by atoms with E-state index < -0.39 is 6.10 Å². The van der Waals surface area contributed by atoms with E-state index in [0.29, 0.717) is 19.3 Å². The SMILES string of the molecule is CC/C=C\C/C=C\C/C=C\CCCCCCCCC(=O)OC(COC(=O)CCCCCCC/C=C\C=C/CCCCCCCCC)COC(=O)CCCCCCCCCCC. The van der Waals surface area contributed by atoms with Gasteiger partial charge in [0.05, 0.1) is 0 Å². The molecule has 61 heavy (non-hydrogen) atoms. The second kappa shape index (κ2) is 49.8. The molecule has 1 atom stereocenters. The zero-order valence-electron chi connectivity index (χ0n) is 40.2. The van der Waals surface area contributed by atoms with Crippen molar-refractivity contribution in [3.05, 3.63) is 60.8 Å². The summed E-state index contributed by atoms with van der Waals surface area (Å²) in [5.74, 6) is -0.911. The Labute approximate surface area is 377 Å². The smallest absolute Gasteiger partial charge is 0.306 e. The minimum atomic E-state index is -0.784. The molecule has 6 heteroatoms. The molecule has 0 aromatic heterocycles. The largest absolute Gasteiger partial charge is 0.462 e. The number of allylic oxidation sites excluding steroid dienone is 10. The second-order valence-corrected chi connectivity index (χ2v) is 17.1. The number of ether oxygens (including phenoxy) is 3. The summed E-state index contributed by atoms with van der Waals surface area (Å²) in [6, 6.07) is 0. The molecule has 0 saturated heterocycles. The highest BCUT2D eigenvalue weighted by Gasteiger charge is 2.19. The summed E-state index contributed by atoms with van der Waals surface area (Å²) in [5, 5.41) is 0. The standard InChI is InChI=1S/C55H96O6/c1-4-7-10-13-16-19-21-23-25-27-28-30-31-33-36-39-42-45-48-54(57)60-51-52(50-59-53(56)47-44-41-38-35-18-15-12-9-6-3)61-55(58)49-46-43-40-37-34-32-29-26-24-22-20-17-14-11-8-5-2/h8,11,17,20,24-28,30,52H,4-7,9-10,12-16,18-19,21-23,29,31-51H2,1-3H3/b11-8-,20-17-,26-24-,27-25-,30-28-. The fraction of sp³-hybridized carbons (Fsp3) is 0.764. The van der Waals surface area contributed by atoms with E-state index in [-0.39, 0.29) is 31.1 Å². The minimum Gasteiger partial charge on any atom is -0.462 e. The lowest BCUT2D eigenvalue weighted by Crippen LogP contribution is -2.30. The Balaban J connectivity index is 4.36. The van der Waals surface area contributed by atoms with Crippen molar-refractivity contribution >= 4 is 17.9 Å². The molecule has 0 aromatic rings. The molecule has 0 rings (SSSR count). The van der Waals surface area contributed by atoms with E-state index in [0.717, 1.165) is 109 Å². The first kappa shape index (κ1) is 58.1. The lowest BCUT2D eigenvalue weighted by atomic mass is 10.1. The van der Waals surface area contributed by atoms with Gasteiger partial charge >= 0.3 is 17.9 Å². The number of carbonyl (C=O) groups excluding carboxylic acids is 3. The monoisotopic (exact) mass is 853 g/mol. The van der Waals surface area contributed by atoms with Gasteiger partial charge in [0.1, 0.15) is 13.2 Å². The van der Waals surface area contributed by atoms with Crippen LogP contribution in [0.5, 0.6) is 0 Å². The molecule has 0 saturated carbocycles. The van der Waals surface area contributed by atoms with Gasteiger partial charge in [-0.3, -0.25) is 14.4 Å². The third-order valence-electron chi connectivity index (χ3n) is 11.0. The molecule has 0 bridgehead atoms. The second-order valence-electron chi connectivity index (χ2n) is 17.1. The van der Waals surface area contributed by atoms with E-state index in [1.54, 1.807) is 0 Å². The number of unbranched alkanes of at least 4 members (excludes halogenated alkanes) is 26. The van der Waals surface area contributed by atoms with Crippen molar-refractivity contribution in [3.63, 3.8) is 0 Å². The van der Waals surface area contributed by atoms with Gasteiger partial charge in [0.15, 0.2) is 6.10 Å². The number of rotatable bonds is 46. The van der Waals surface area contributed by atoms with E-state index in [4.69, 9.17) is 14.2 Å². The van der Waals surface area contributed by atoms with Gasteiger partial charge in [-0.15, -0.1) is 0 Å². The normalized spacial score (nSPS) is 12.5. The molecule has 0 spiro atoms. The Hall–Kier alpha value is -2.89. The predicted octanol–water partition coefficient (Wildman–Crippen LogP) is 16.9. The Bertz CT molecular complexity index is 1120. The van der Waals surface area contributed by atoms with Gasteiger partial charge in [-0.25, -0.2) is 0 Å². The quantitative estimate of drug-likeness (QED) is 0.0200. The van der Waals surface area contributed by atoms with Gasteiger partial charge in [0.25, 0.3) is 0 Å². The lowest BCUT2D eigenvalue weighted by molar-refractivity contribution is -0.167. The Kier molecular flexibility index (Phi) is 47.4. The first-order valence-electron chi connectivity index (χ1n) is 25.8. The minimum absolute atomic E-state index is 0.0836. The van der Waals surface area contributed by atoms with Gasteiger partial charge in [-0.1, -0.05) is 216 Å². The summed E-state index contributed by atoms with van der Waals surface area (Å²) < 4.78 is 16.7. The van der Waals surface area contributed by atoms with Crippen LogP contribution in [-0.4, -0.2) is 37.2 Å². The van der Waals surface area contributed by atoms with Crippen LogP contribution < -0.4 is 0 Å². The van der Waals surface area contributed by atoms with E-state index in [9.17, 15) is 14.4 Å². The fourth-order valence-electron chi connectivity index (χ4n) is 7.15. The number of carbonyl (C=O) groups is 3. The zero-order chi connectivity index (χ0) is 44.4. The summed E-state index contributed by atoms with van der Waals surface area (Å²) in [7, 11) is 0. The molecule has 0 aromatic carbocycles. The summed E-state index contributed by atoms with van der Waals surface area (Å²) in [5.41, 5.74) is 0. The Morgan fingerprint density at radius 2 is 0.689 bits per heavy atom. The Morgan fingerprint density at radius 1 is 0.361 bits per heavy atom. The third-order valence-corrected chi connectivity index (χ3v) is 11.0. The van der Waals surface area contributed by atoms with Crippen molar-refractivity contribution in [3.8, 4) is 0 Å². The van der Waals surface area contributed by atoms with E-state index >= 15 is 0 Å². The lowest BCUT2D eigenvalue weighted by Gasteiger charge is -2.18. The van der Waals surface area contributed by atoms with Crippen LogP contribution in [-0.2, 0) is 28.6 Å². The molecule has 0 amide bonds. The topological polar surface area (TPSA) is 78.9 Å². The maximum Gasteiger partial charge on any atom is 0.306 e. The van der Waals surface area contributed by atoms with Crippen molar-refractivity contribution in [2.75, 3.05) is 13.2 Å². The average molecular weight is 853 g/mol. The Morgan fingerprint density at radius 3 is 1.10 bits per heavy atom. The van der Waals surface area contributed by atoms with E-state index in [1.165, 1.54) is 103 Å². The van der Waals surface area contributed by atoms with Crippen molar-refractivity contribution in [1.82, 2.24) is 0 Å². The van der Waals surface area contributed by atoms with Crippen LogP contribution in [0, 0.1) is 0 Å². The first-order valence-corrected chi connectivity index (χ1v) is 25.8. The molecule has 0 aliphatic carbocycles. The summed E-state index contributed by atoms with van der Waals surface area (Å²) in [6.07, 6.45) is 60.6. The molecule has 6 nitrogen and oxygen atoms in total. The van der Waals surface area contributed by atoms with Crippen LogP contribution in [0.25, 0.3) is 0 Å². The van der Waals surface area contributed by atoms with E-state index in [1.807, 2.05) is 0 Å². The van der Waals surface area contributed by atoms with Crippen LogP contribution in [0.2, 0.25) is 0 Å². The number of hydrogen-bond donors (Lipinski definition) is 0. The molecular formula is C55H96O6. The highest BCUT2D eigenvalue weighted by Crippen LogP contribution is 2.14. The van der Waals surface area contributed by atoms with Crippen LogP contribution in [0.3, 0.4) is 0 Å². The molecule has 352 valence electrons. The van der Waals surface area contributed by atoms with Gasteiger partial charge in [-0.05, 0) is 77.0 Å². The van der Waals surface area contributed by atoms with Crippen LogP contribution in [0.15, 0.2) is 60.8 Å². The molecule has 0 radical (unpaired) electrons. The summed E-state index contributed by atoms with van der Waals surface area (Å²) >= 11 is 0. The average Bonchev–Trinajstić information content (AvgIpc) is 3.26. The summed E-state index contributed by atoms with van der Waals surface area (Å²) in [4.78, 5) is 37.9. The van der Waals surface area contributed by atoms with Gasteiger partial charge < -0.3 is 14.2 Å². The van der Waals surface area contributed by atoms with Crippen LogP contribution in [0.4, 0.5) is 0 Å². The first-order chi connectivity index (χ1) is 30.0. The summed E-state index contributed by atoms with van der Waals surface area (Å²) in [6.45, 7) is 6.48. The van der Waals surface area contributed by atoms with Gasteiger partial charge in [-0.2, -0.15) is 0 Å². The van der Waals surface area contributed by atoms with Crippen molar-refractivity contribution in [2.45, 2.75) is 258 Å². The predicted molar refractivity (Wildman–Crippen MR) is 261 cm³/mol. The highest BCUT2D eigenvalue weighted by atomic mass is 16.6. The fourth-order valence-corrected chi connectivity index (χ4v) is 7.15. The zero-order valence-corrected chi connectivity index (χ0v) is 40.2. The van der Waals surface area contributed by atoms with Crippen molar-refractivity contribution in [2.24, 2.45) is 0 Å². The van der Waals surface area contributed by atoms with Crippen molar-refractivity contribution in [1.29, 1.82) is 0 Å². The molecular weight excluding hydrogens is 757 g/mol. The maximum absolute atomic E-state index is 12.8. The van der Waals surface area contributed by atoms with E-state index in [2.05, 4.69) is 81.5 Å². The maximum atomic E-state index is 12.8. The molecule has 0 fully saturated rings. The van der Waals surface area contributed by atoms with Crippen LogP contribution >= 0.6 is 0 Å². The number of esters is 3. The molecule has 0 N–H and O–H groups in total. The van der Waals surface area contributed by atoms with Crippen LogP contribution in [0.1, 0.15) is 252 Å². The number of hydrogen-bond acceptors (Lipinski definition) is 6. The molecule has 0 aliphatic heterocycles. The van der Waals surface area contributed by atoms with Crippen molar-refractivity contribution < 1.29 is 28.6 Å². The van der Waals surface area contributed by atoms with Gasteiger partial charge in [0.2, 0.25) is 0 Å². The highest BCUT2D eigenvalue weighted by molar-refractivity contribution is 5.71.